The number of aromatic nitrogens is 2. The molecule has 0 bridgehead atoms. The number of allylic oxidation sites excluding steroid dienone is 1. The predicted octanol–water partition coefficient (Wildman–Crippen LogP) is 7.90. The van der Waals surface area contributed by atoms with E-state index in [1.54, 1.807) is 0 Å². The van der Waals surface area contributed by atoms with Gasteiger partial charge in [-0.15, -0.1) is 0 Å². The maximum Gasteiger partial charge on any atom is 0.417 e. The van der Waals surface area contributed by atoms with Crippen LogP contribution in [0.15, 0.2) is 48.8 Å². The van der Waals surface area contributed by atoms with Gasteiger partial charge < -0.3 is 4.74 Å². The van der Waals surface area contributed by atoms with Crippen LogP contribution in [0, 0.1) is 0 Å². The molecule has 0 saturated carbocycles. The molecule has 0 fully saturated rings. The van der Waals surface area contributed by atoms with E-state index < -0.39 is 52.3 Å². The van der Waals surface area contributed by atoms with Crippen molar-refractivity contribution in [3.63, 3.8) is 0 Å². The summed E-state index contributed by atoms with van der Waals surface area (Å²) in [6.45, 7) is 0. The molecule has 0 spiro atoms. The van der Waals surface area contributed by atoms with Crippen molar-refractivity contribution in [3.05, 3.63) is 86.1 Å². The van der Waals surface area contributed by atoms with Crippen LogP contribution in [-0.4, -0.2) is 36.2 Å². The van der Waals surface area contributed by atoms with Gasteiger partial charge >= 0.3 is 12.4 Å². The van der Waals surface area contributed by atoms with Gasteiger partial charge in [0.2, 0.25) is 5.95 Å². The van der Waals surface area contributed by atoms with Crippen LogP contribution >= 0.6 is 34.8 Å². The van der Waals surface area contributed by atoms with E-state index in [0.29, 0.717) is 6.07 Å². The van der Waals surface area contributed by atoms with E-state index in [1.165, 1.54) is 26.6 Å². The molecule has 2 aromatic carbocycles. The summed E-state index contributed by atoms with van der Waals surface area (Å²) < 4.78 is 103. The van der Waals surface area contributed by atoms with Gasteiger partial charge in [0.15, 0.2) is 5.75 Å². The Morgan fingerprint density at radius 2 is 1.60 bits per heavy atom. The van der Waals surface area contributed by atoms with Gasteiger partial charge in [-0.1, -0.05) is 40.9 Å². The zero-order chi connectivity index (χ0) is 30.0. The predicted molar refractivity (Wildman–Crippen MR) is 135 cm³/mol. The largest absolute Gasteiger partial charge is 0.494 e. The van der Waals surface area contributed by atoms with E-state index in [0.717, 1.165) is 23.2 Å². The topological polar surface area (TPSA) is 67.3 Å². The van der Waals surface area contributed by atoms with Crippen LogP contribution < -0.4 is 15.2 Å². The van der Waals surface area contributed by atoms with E-state index in [1.807, 2.05) is 0 Å². The lowest BCUT2D eigenvalue weighted by Crippen LogP contribution is -2.41. The number of benzene rings is 2. The minimum atomic E-state index is -5.18. The summed E-state index contributed by atoms with van der Waals surface area (Å²) in [6.07, 6.45) is -7.70. The number of nitrogens with one attached hydrogen (secondary N) is 1. The fraction of sp³-hybridized carbons (Fsp3) is 0.208. The molecule has 0 radical (unpaired) electrons. The number of alkyl halides is 6. The first-order valence-corrected chi connectivity index (χ1v) is 11.9. The highest BCUT2D eigenvalue weighted by Gasteiger charge is 2.41. The summed E-state index contributed by atoms with van der Waals surface area (Å²) in [5, 5.41) is 0.0105. The molecule has 3 aromatic rings. The molecular formula is C24H16Cl3F7N4O2. The molecule has 0 aliphatic rings. The van der Waals surface area contributed by atoms with Gasteiger partial charge in [-0.25, -0.2) is 14.4 Å². The van der Waals surface area contributed by atoms with Gasteiger partial charge in [0.05, 0.1) is 45.7 Å². The number of hydrazine groups is 1. The van der Waals surface area contributed by atoms with Gasteiger partial charge in [-0.05, 0) is 35.9 Å². The number of carbonyl (C=O) groups excluding carboxylic acids is 1. The number of carbonyl (C=O) groups is 1. The van der Waals surface area contributed by atoms with E-state index in [2.05, 4.69) is 15.4 Å². The van der Waals surface area contributed by atoms with Crippen molar-refractivity contribution >= 4 is 52.5 Å². The smallest absolute Gasteiger partial charge is 0.417 e. The molecule has 40 heavy (non-hydrogen) atoms. The standard InChI is InChI=1S/C24H16Cl3F7N4O2/c1-38(22-35-9-13(40-2)10-36-22)37-21(39)14-4-3-11(5-16(14)24(32,33)34)19(28)8-15(23(29,30)31)12-6-17(25)20(27)18(26)7-12/h3-10,15H,1-2H3,(H,37,39). The first-order valence-electron chi connectivity index (χ1n) is 10.7. The molecule has 1 atom stereocenters. The quantitative estimate of drug-likeness (QED) is 0.163. The van der Waals surface area contributed by atoms with E-state index in [9.17, 15) is 31.1 Å². The Balaban J connectivity index is 1.98. The first-order chi connectivity index (χ1) is 18.5. The van der Waals surface area contributed by atoms with Crippen molar-refractivity contribution in [1.29, 1.82) is 0 Å². The monoisotopic (exact) mass is 630 g/mol. The number of rotatable bonds is 7. The summed E-state index contributed by atoms with van der Waals surface area (Å²) in [5.41, 5.74) is -1.87. The molecular weight excluding hydrogens is 616 g/mol. The highest BCUT2D eigenvalue weighted by atomic mass is 35.5. The number of hydrogen-bond acceptors (Lipinski definition) is 5. The molecule has 3 rings (SSSR count). The third kappa shape index (κ3) is 7.26. The van der Waals surface area contributed by atoms with E-state index in [-0.39, 0.29) is 38.9 Å². The summed E-state index contributed by atoms with van der Waals surface area (Å²) in [5.74, 6) is -5.39. The summed E-state index contributed by atoms with van der Waals surface area (Å²) in [4.78, 5) is 20.4. The number of hydrogen-bond donors (Lipinski definition) is 1. The molecule has 6 nitrogen and oxygen atoms in total. The second kappa shape index (κ2) is 12.1. The van der Waals surface area contributed by atoms with Crippen LogP contribution in [0.2, 0.25) is 15.1 Å². The van der Waals surface area contributed by atoms with E-state index >= 15 is 4.39 Å². The molecule has 16 heteroatoms. The van der Waals surface area contributed by atoms with Crippen molar-refractivity contribution in [2.45, 2.75) is 18.3 Å². The number of amides is 1. The maximum atomic E-state index is 15.0. The third-order valence-corrected chi connectivity index (χ3v) is 6.49. The van der Waals surface area contributed by atoms with Crippen LogP contribution in [-0.2, 0) is 6.18 Å². The fourth-order valence-electron chi connectivity index (χ4n) is 3.35. The third-order valence-electron chi connectivity index (χ3n) is 5.30. The van der Waals surface area contributed by atoms with Crippen molar-refractivity contribution in [3.8, 4) is 5.75 Å². The lowest BCUT2D eigenvalue weighted by molar-refractivity contribution is -0.140. The minimum absolute atomic E-state index is 0.0694. The molecule has 0 aliphatic carbocycles. The highest BCUT2D eigenvalue weighted by Crippen LogP contribution is 2.42. The van der Waals surface area contributed by atoms with Gasteiger partial charge in [-0.3, -0.25) is 15.2 Å². The molecule has 0 aliphatic heterocycles. The van der Waals surface area contributed by atoms with Crippen molar-refractivity contribution in [1.82, 2.24) is 15.4 Å². The molecule has 214 valence electrons. The second-order valence-corrected chi connectivity index (χ2v) is 9.21. The molecule has 0 saturated heterocycles. The van der Waals surface area contributed by atoms with Gasteiger partial charge in [-0.2, -0.15) is 26.3 Å². The summed E-state index contributed by atoms with van der Waals surface area (Å²) in [6, 6.07) is 3.21. The Morgan fingerprint density at radius 1 is 1.02 bits per heavy atom. The first kappa shape index (κ1) is 31.2. The molecule has 1 N–H and O–H groups in total. The summed E-state index contributed by atoms with van der Waals surface area (Å²) in [7, 11) is 2.60. The van der Waals surface area contributed by atoms with Crippen molar-refractivity contribution < 1.29 is 40.3 Å². The molecule has 1 aromatic heterocycles. The molecule has 1 heterocycles. The minimum Gasteiger partial charge on any atom is -0.494 e. The molecule has 1 amide bonds. The number of anilines is 1. The van der Waals surface area contributed by atoms with Crippen LogP contribution in [0.1, 0.15) is 33.0 Å². The fourth-order valence-corrected chi connectivity index (χ4v) is 3.97. The zero-order valence-corrected chi connectivity index (χ0v) is 22.4. The number of ether oxygens (including phenoxy) is 1. The zero-order valence-electron chi connectivity index (χ0n) is 20.1. The van der Waals surface area contributed by atoms with E-state index in [4.69, 9.17) is 39.5 Å². The number of nitrogens with zero attached hydrogens (tertiary/aromatic N) is 3. The van der Waals surface area contributed by atoms with Crippen molar-refractivity contribution in [2.24, 2.45) is 0 Å². The SMILES string of the molecule is COc1cnc(N(C)NC(=O)c2ccc(C(F)=CC(c3cc(Cl)c(Cl)c(Cl)c3)C(F)(F)F)cc2C(F)(F)F)nc1. The Kier molecular flexibility index (Phi) is 9.42. The Labute approximate surface area is 237 Å². The Morgan fingerprint density at radius 3 is 2.10 bits per heavy atom. The van der Waals surface area contributed by atoms with Gasteiger partial charge in [0, 0.05) is 12.6 Å². The molecule has 1 unspecified atom stereocenters. The van der Waals surface area contributed by atoms with Gasteiger partial charge in [0.25, 0.3) is 5.91 Å². The lowest BCUT2D eigenvalue weighted by Gasteiger charge is -2.20. The maximum absolute atomic E-state index is 15.0. The van der Waals surface area contributed by atoms with Crippen LogP contribution in [0.5, 0.6) is 5.75 Å². The highest BCUT2D eigenvalue weighted by molar-refractivity contribution is 6.48. The van der Waals surface area contributed by atoms with Crippen LogP contribution in [0.25, 0.3) is 5.83 Å². The Bertz CT molecular complexity index is 1410. The number of methoxy groups -OCH3 is 1. The summed E-state index contributed by atoms with van der Waals surface area (Å²) >= 11 is 17.4. The normalized spacial score (nSPS) is 13.2. The van der Waals surface area contributed by atoms with Crippen LogP contribution in [0.3, 0.4) is 0 Å². The second-order valence-electron chi connectivity index (χ2n) is 8.01. The van der Waals surface area contributed by atoms with Crippen molar-refractivity contribution in [2.75, 3.05) is 19.2 Å². The van der Waals surface area contributed by atoms with Gasteiger partial charge in [0.1, 0.15) is 11.7 Å². The lowest BCUT2D eigenvalue weighted by atomic mass is 9.95. The Hall–Kier alpha value is -3.29. The average Bonchev–Trinajstić information content (AvgIpc) is 2.88. The average molecular weight is 632 g/mol. The van der Waals surface area contributed by atoms with Crippen LogP contribution in [0.4, 0.5) is 36.7 Å². The number of halogens is 10.